The lowest BCUT2D eigenvalue weighted by molar-refractivity contribution is 0.282. The largest absolute Gasteiger partial charge is 0.494 e. The molecule has 0 saturated carbocycles. The Bertz CT molecular complexity index is 581. The zero-order chi connectivity index (χ0) is 14.5. The minimum absolute atomic E-state index is 0.409. The first-order valence-electron chi connectivity index (χ1n) is 6.70. The summed E-state index contributed by atoms with van der Waals surface area (Å²) in [5, 5.41) is 2.02. The summed E-state index contributed by atoms with van der Waals surface area (Å²) in [7, 11) is 1.63. The predicted octanol–water partition coefficient (Wildman–Crippen LogP) is 4.60. The first-order valence-corrected chi connectivity index (χ1v) is 7.13. The molecule has 0 spiro atoms. The summed E-state index contributed by atoms with van der Waals surface area (Å²) in [4.78, 5) is 0. The van der Waals surface area contributed by atoms with Crippen LogP contribution < -0.4 is 14.2 Å². The van der Waals surface area contributed by atoms with Gasteiger partial charge in [0.25, 0.3) is 0 Å². The van der Waals surface area contributed by atoms with Gasteiger partial charge >= 0.3 is 0 Å². The number of halogens is 1. The summed E-state index contributed by atoms with van der Waals surface area (Å²) in [6.45, 7) is 4.57. The number of hydrogen-bond acceptors (Lipinski definition) is 3. The van der Waals surface area contributed by atoms with Gasteiger partial charge in [-0.05, 0) is 43.0 Å². The quantitative estimate of drug-likeness (QED) is 0.729. The molecule has 2 aromatic carbocycles. The lowest BCUT2D eigenvalue weighted by atomic mass is 10.1. The minimum Gasteiger partial charge on any atom is -0.494 e. The van der Waals surface area contributed by atoms with Gasteiger partial charge in [-0.2, -0.15) is 0 Å². The fraction of sp³-hybridized carbons (Fsp3) is 0.375. The second kappa shape index (κ2) is 6.71. The fourth-order valence-corrected chi connectivity index (χ4v) is 2.14. The Morgan fingerprint density at radius 2 is 2.00 bits per heavy atom. The molecule has 3 nitrogen and oxygen atoms in total. The van der Waals surface area contributed by atoms with Gasteiger partial charge in [0.2, 0.25) is 0 Å². The molecule has 0 heterocycles. The predicted molar refractivity (Wildman–Crippen MR) is 82.2 cm³/mol. The monoisotopic (exact) mass is 294 g/mol. The Kier molecular flexibility index (Phi) is 4.96. The lowest BCUT2D eigenvalue weighted by Gasteiger charge is -2.15. The minimum atomic E-state index is -0.409. The maximum atomic E-state index is 5.88. The Balaban J connectivity index is 2.41. The molecule has 1 atom stereocenters. The number of fused-ring (bicyclic) bond motifs is 1. The Morgan fingerprint density at radius 3 is 2.65 bits per heavy atom. The molecule has 108 valence electrons. The van der Waals surface area contributed by atoms with E-state index < -0.39 is 5.56 Å². The van der Waals surface area contributed by atoms with Crippen LogP contribution in [0.4, 0.5) is 0 Å². The molecule has 2 aromatic rings. The first-order chi connectivity index (χ1) is 9.65. The van der Waals surface area contributed by atoms with Crippen molar-refractivity contribution < 1.29 is 14.2 Å². The van der Waals surface area contributed by atoms with Crippen LogP contribution in [0.15, 0.2) is 30.3 Å². The van der Waals surface area contributed by atoms with Gasteiger partial charge in [0.1, 0.15) is 5.75 Å². The summed E-state index contributed by atoms with van der Waals surface area (Å²) in [6, 6.07) is 9.76. The third kappa shape index (κ3) is 3.28. The van der Waals surface area contributed by atoms with E-state index in [1.54, 1.807) is 14.0 Å². The molecular weight excluding hydrogens is 276 g/mol. The van der Waals surface area contributed by atoms with Crippen molar-refractivity contribution in [2.45, 2.75) is 25.8 Å². The number of methoxy groups -OCH3 is 1. The molecule has 0 saturated heterocycles. The summed E-state index contributed by atoms with van der Waals surface area (Å²) < 4.78 is 16.6. The van der Waals surface area contributed by atoms with Crippen LogP contribution in [-0.4, -0.2) is 19.3 Å². The number of rotatable bonds is 6. The van der Waals surface area contributed by atoms with Crippen molar-refractivity contribution in [3.63, 3.8) is 0 Å². The number of alkyl halides is 1. The molecule has 0 radical (unpaired) electrons. The number of hydrogen-bond donors (Lipinski definition) is 0. The highest BCUT2D eigenvalue weighted by atomic mass is 35.5. The lowest BCUT2D eigenvalue weighted by Crippen LogP contribution is -2.04. The molecule has 0 aromatic heterocycles. The molecule has 0 aliphatic carbocycles. The SMILES string of the molecule is CCCOc1ccc2c(OC)c(OC(C)Cl)ccc2c1. The average Bonchev–Trinajstić information content (AvgIpc) is 2.44. The van der Waals surface area contributed by atoms with Crippen LogP contribution in [0.25, 0.3) is 10.8 Å². The van der Waals surface area contributed by atoms with Crippen LogP contribution >= 0.6 is 11.6 Å². The first kappa shape index (κ1) is 14.8. The maximum Gasteiger partial charge on any atom is 0.169 e. The van der Waals surface area contributed by atoms with Crippen LogP contribution in [-0.2, 0) is 0 Å². The molecule has 1 unspecified atom stereocenters. The topological polar surface area (TPSA) is 27.7 Å². The van der Waals surface area contributed by atoms with E-state index >= 15 is 0 Å². The van der Waals surface area contributed by atoms with Crippen LogP contribution in [0.2, 0.25) is 0 Å². The van der Waals surface area contributed by atoms with Crippen molar-refractivity contribution in [1.29, 1.82) is 0 Å². The van der Waals surface area contributed by atoms with E-state index in [2.05, 4.69) is 6.92 Å². The van der Waals surface area contributed by atoms with Gasteiger partial charge in [-0.15, -0.1) is 0 Å². The van der Waals surface area contributed by atoms with Gasteiger partial charge in [0.15, 0.2) is 17.1 Å². The molecule has 0 aliphatic rings. The highest BCUT2D eigenvalue weighted by Gasteiger charge is 2.12. The molecule has 0 N–H and O–H groups in total. The van der Waals surface area contributed by atoms with E-state index in [9.17, 15) is 0 Å². The molecule has 0 aliphatic heterocycles. The van der Waals surface area contributed by atoms with Crippen LogP contribution in [0.3, 0.4) is 0 Å². The summed E-state index contributed by atoms with van der Waals surface area (Å²) in [6.07, 6.45) is 0.988. The highest BCUT2D eigenvalue weighted by Crippen LogP contribution is 2.37. The highest BCUT2D eigenvalue weighted by molar-refractivity contribution is 6.19. The standard InChI is InChI=1S/C16H19ClO3/c1-4-9-19-13-6-7-14-12(10-13)5-8-15(16(14)18-3)20-11(2)17/h5-8,10-11H,4,9H2,1-3H3. The molecular formula is C16H19ClO3. The summed E-state index contributed by atoms with van der Waals surface area (Å²) >= 11 is 5.88. The molecule has 0 fully saturated rings. The fourth-order valence-electron chi connectivity index (χ4n) is 2.05. The zero-order valence-corrected chi connectivity index (χ0v) is 12.7. The normalized spacial score (nSPS) is 12.2. The van der Waals surface area contributed by atoms with E-state index in [1.807, 2.05) is 30.3 Å². The molecule has 0 bridgehead atoms. The van der Waals surface area contributed by atoms with Crippen molar-refractivity contribution in [3.05, 3.63) is 30.3 Å². The molecule has 4 heteroatoms. The van der Waals surface area contributed by atoms with Gasteiger partial charge in [-0.1, -0.05) is 24.6 Å². The number of ether oxygens (including phenoxy) is 3. The van der Waals surface area contributed by atoms with Crippen LogP contribution in [0.1, 0.15) is 20.3 Å². The molecule has 2 rings (SSSR count). The molecule has 20 heavy (non-hydrogen) atoms. The van der Waals surface area contributed by atoms with Crippen molar-refractivity contribution in [2.75, 3.05) is 13.7 Å². The van der Waals surface area contributed by atoms with Crippen molar-refractivity contribution >= 4 is 22.4 Å². The van der Waals surface area contributed by atoms with Gasteiger partial charge in [-0.25, -0.2) is 0 Å². The van der Waals surface area contributed by atoms with Crippen molar-refractivity contribution in [1.82, 2.24) is 0 Å². The van der Waals surface area contributed by atoms with Crippen molar-refractivity contribution in [3.8, 4) is 17.2 Å². The zero-order valence-electron chi connectivity index (χ0n) is 12.0. The van der Waals surface area contributed by atoms with Gasteiger partial charge in [0.05, 0.1) is 13.7 Å². The summed E-state index contributed by atoms with van der Waals surface area (Å²) in [5.41, 5.74) is -0.409. The van der Waals surface area contributed by atoms with E-state index in [0.29, 0.717) is 18.1 Å². The smallest absolute Gasteiger partial charge is 0.169 e. The maximum absolute atomic E-state index is 5.88. The van der Waals surface area contributed by atoms with Crippen LogP contribution in [0, 0.1) is 0 Å². The second-order valence-corrected chi connectivity index (χ2v) is 5.10. The van der Waals surface area contributed by atoms with E-state index in [1.165, 1.54) is 0 Å². The second-order valence-electron chi connectivity index (χ2n) is 4.49. The van der Waals surface area contributed by atoms with Crippen LogP contribution in [0.5, 0.6) is 17.2 Å². The van der Waals surface area contributed by atoms with Gasteiger partial charge < -0.3 is 14.2 Å². The third-order valence-electron chi connectivity index (χ3n) is 2.87. The van der Waals surface area contributed by atoms with Crippen molar-refractivity contribution in [2.24, 2.45) is 0 Å². The Morgan fingerprint density at radius 1 is 1.20 bits per heavy atom. The molecule has 0 amide bonds. The average molecular weight is 295 g/mol. The Hall–Kier alpha value is -1.61. The van der Waals surface area contributed by atoms with E-state index in [4.69, 9.17) is 25.8 Å². The number of benzene rings is 2. The Labute approximate surface area is 124 Å². The summed E-state index contributed by atoms with van der Waals surface area (Å²) in [5.74, 6) is 2.20. The third-order valence-corrected chi connectivity index (χ3v) is 2.96. The van der Waals surface area contributed by atoms with Gasteiger partial charge in [-0.3, -0.25) is 0 Å². The van der Waals surface area contributed by atoms with E-state index in [-0.39, 0.29) is 0 Å². The van der Waals surface area contributed by atoms with Gasteiger partial charge in [0, 0.05) is 5.39 Å². The van der Waals surface area contributed by atoms with E-state index in [0.717, 1.165) is 22.9 Å².